The molecule has 1 aromatic rings. The van der Waals surface area contributed by atoms with Gasteiger partial charge < -0.3 is 15.3 Å². The number of nitrogens with two attached hydrogens (primary N) is 1. The summed E-state index contributed by atoms with van der Waals surface area (Å²) >= 11 is 0. The Hall–Kier alpha value is -1.42. The van der Waals surface area contributed by atoms with Crippen molar-refractivity contribution in [2.75, 3.05) is 0 Å². The van der Waals surface area contributed by atoms with E-state index in [4.69, 9.17) is 10.5 Å². The number of Topliss-reactive ketones (excluding diaryl/α,β-unsaturated/α-hetero) is 1. The number of aryl methyl sites for hydroxylation is 1. The summed E-state index contributed by atoms with van der Waals surface area (Å²) < 4.78 is 5.64. The van der Waals surface area contributed by atoms with Gasteiger partial charge >= 0.3 is 0 Å². The molecule has 2 rings (SSSR count). The third-order valence-electron chi connectivity index (χ3n) is 2.98. The number of carbonyl (C=O) groups excluding carboxylic acids is 1. The Labute approximate surface area is 101 Å². The van der Waals surface area contributed by atoms with Crippen LogP contribution in [0.2, 0.25) is 0 Å². The maximum absolute atomic E-state index is 10.8. The van der Waals surface area contributed by atoms with Crippen molar-refractivity contribution in [3.8, 4) is 5.88 Å². The van der Waals surface area contributed by atoms with Crippen molar-refractivity contribution in [2.24, 2.45) is 5.73 Å². The molecule has 0 radical (unpaired) electrons. The lowest BCUT2D eigenvalue weighted by Gasteiger charge is -2.32. The zero-order valence-corrected chi connectivity index (χ0v) is 10.1. The van der Waals surface area contributed by atoms with Crippen LogP contribution in [0.1, 0.15) is 31.7 Å². The average Bonchev–Trinajstić information content (AvgIpc) is 2.26. The maximum atomic E-state index is 10.8. The molecule has 92 valence electrons. The summed E-state index contributed by atoms with van der Waals surface area (Å²) in [5, 5.41) is 0. The summed E-state index contributed by atoms with van der Waals surface area (Å²) in [6, 6.07) is 4.11. The van der Waals surface area contributed by atoms with E-state index >= 15 is 0 Å². The molecule has 1 aromatic heterocycles. The topological polar surface area (TPSA) is 65.2 Å². The summed E-state index contributed by atoms with van der Waals surface area (Å²) in [4.78, 5) is 15.1. The first-order valence-electron chi connectivity index (χ1n) is 6.00. The summed E-state index contributed by atoms with van der Waals surface area (Å²) in [6.45, 7) is 1.60. The van der Waals surface area contributed by atoms with Crippen molar-refractivity contribution in [2.45, 2.75) is 44.8 Å². The van der Waals surface area contributed by atoms with Crippen LogP contribution in [0.5, 0.6) is 5.88 Å². The third kappa shape index (κ3) is 3.53. The second-order valence-electron chi connectivity index (χ2n) is 4.68. The molecule has 2 N–H and O–H groups in total. The minimum atomic E-state index is 0.203. The standard InChI is InChI=1S/C13H18N2O2/c1-9(16)2-3-10-4-5-13(15-8-10)17-12-6-11(14)7-12/h4-5,8,11-12H,2-3,6-7,14H2,1H3. The van der Waals surface area contributed by atoms with Crippen LogP contribution < -0.4 is 10.5 Å². The minimum absolute atomic E-state index is 0.203. The lowest BCUT2D eigenvalue weighted by Crippen LogP contribution is -2.43. The fraction of sp³-hybridized carbons (Fsp3) is 0.538. The number of aromatic nitrogens is 1. The summed E-state index contributed by atoms with van der Waals surface area (Å²) in [5.41, 5.74) is 6.75. The monoisotopic (exact) mass is 234 g/mol. The van der Waals surface area contributed by atoms with E-state index < -0.39 is 0 Å². The van der Waals surface area contributed by atoms with Gasteiger partial charge in [-0.25, -0.2) is 4.98 Å². The lowest BCUT2D eigenvalue weighted by molar-refractivity contribution is -0.116. The molecule has 0 aliphatic heterocycles. The zero-order chi connectivity index (χ0) is 12.3. The number of hydrogen-bond donors (Lipinski definition) is 1. The molecule has 0 bridgehead atoms. The maximum Gasteiger partial charge on any atom is 0.213 e. The molecule has 17 heavy (non-hydrogen) atoms. The predicted octanol–water partition coefficient (Wildman–Crippen LogP) is 1.47. The normalized spacial score (nSPS) is 22.9. The third-order valence-corrected chi connectivity index (χ3v) is 2.98. The highest BCUT2D eigenvalue weighted by atomic mass is 16.5. The Bertz CT molecular complexity index is 383. The van der Waals surface area contributed by atoms with Crippen LogP contribution in [0, 0.1) is 0 Å². The van der Waals surface area contributed by atoms with Crippen LogP contribution >= 0.6 is 0 Å². The molecular weight excluding hydrogens is 216 g/mol. The molecule has 0 amide bonds. The van der Waals surface area contributed by atoms with E-state index in [9.17, 15) is 4.79 Å². The van der Waals surface area contributed by atoms with Crippen molar-refractivity contribution in [3.05, 3.63) is 23.9 Å². The molecule has 0 saturated heterocycles. The second-order valence-corrected chi connectivity index (χ2v) is 4.68. The molecule has 0 spiro atoms. The highest BCUT2D eigenvalue weighted by molar-refractivity contribution is 5.75. The van der Waals surface area contributed by atoms with E-state index in [0.29, 0.717) is 12.3 Å². The van der Waals surface area contributed by atoms with Crippen molar-refractivity contribution in [1.82, 2.24) is 4.98 Å². The van der Waals surface area contributed by atoms with Crippen molar-refractivity contribution < 1.29 is 9.53 Å². The van der Waals surface area contributed by atoms with E-state index in [1.165, 1.54) is 0 Å². The number of nitrogens with zero attached hydrogens (tertiary/aromatic N) is 1. The number of carbonyl (C=O) groups is 1. The van der Waals surface area contributed by atoms with Crippen LogP contribution in [0.4, 0.5) is 0 Å². The first kappa shape index (κ1) is 12.0. The van der Waals surface area contributed by atoms with E-state index in [2.05, 4.69) is 4.98 Å². The van der Waals surface area contributed by atoms with Crippen molar-refractivity contribution in [3.63, 3.8) is 0 Å². The average molecular weight is 234 g/mol. The number of rotatable bonds is 5. The predicted molar refractivity (Wildman–Crippen MR) is 64.9 cm³/mol. The Morgan fingerprint density at radius 2 is 2.29 bits per heavy atom. The summed E-state index contributed by atoms with van der Waals surface area (Å²) in [5.74, 6) is 0.849. The summed E-state index contributed by atoms with van der Waals surface area (Å²) in [6.07, 6.45) is 5.13. The van der Waals surface area contributed by atoms with Gasteiger partial charge in [0.2, 0.25) is 5.88 Å². The fourth-order valence-electron chi connectivity index (χ4n) is 1.82. The van der Waals surface area contributed by atoms with Crippen LogP contribution in [-0.4, -0.2) is 22.9 Å². The first-order chi connectivity index (χ1) is 8.13. The van der Waals surface area contributed by atoms with Gasteiger partial charge in [0.05, 0.1) is 0 Å². The molecule has 0 atom stereocenters. The van der Waals surface area contributed by atoms with Gasteiger partial charge in [-0.05, 0) is 31.7 Å². The van der Waals surface area contributed by atoms with Gasteiger partial charge in [0, 0.05) is 24.7 Å². The van der Waals surface area contributed by atoms with Crippen LogP contribution in [-0.2, 0) is 11.2 Å². The molecule has 1 fully saturated rings. The van der Waals surface area contributed by atoms with E-state index in [-0.39, 0.29) is 17.9 Å². The Kier molecular flexibility index (Phi) is 3.74. The number of pyridine rings is 1. The SMILES string of the molecule is CC(=O)CCc1ccc(OC2CC(N)C2)nc1. The number of hydrogen-bond acceptors (Lipinski definition) is 4. The van der Waals surface area contributed by atoms with Crippen molar-refractivity contribution >= 4 is 5.78 Å². The van der Waals surface area contributed by atoms with Gasteiger partial charge in [-0.2, -0.15) is 0 Å². The molecule has 1 aliphatic carbocycles. The van der Waals surface area contributed by atoms with E-state index in [0.717, 1.165) is 24.8 Å². The molecule has 4 heteroatoms. The van der Waals surface area contributed by atoms with Gasteiger partial charge in [0.1, 0.15) is 11.9 Å². The fourth-order valence-corrected chi connectivity index (χ4v) is 1.82. The van der Waals surface area contributed by atoms with Crippen LogP contribution in [0.15, 0.2) is 18.3 Å². The minimum Gasteiger partial charge on any atom is -0.474 e. The Morgan fingerprint density at radius 3 is 2.82 bits per heavy atom. The number of ether oxygens (including phenoxy) is 1. The quantitative estimate of drug-likeness (QED) is 0.838. The smallest absolute Gasteiger partial charge is 0.213 e. The Morgan fingerprint density at radius 1 is 1.53 bits per heavy atom. The molecule has 0 aromatic carbocycles. The molecule has 1 saturated carbocycles. The van der Waals surface area contributed by atoms with Gasteiger partial charge in [0.15, 0.2) is 0 Å². The Balaban J connectivity index is 1.82. The molecule has 0 unspecified atom stereocenters. The van der Waals surface area contributed by atoms with Gasteiger partial charge in [-0.15, -0.1) is 0 Å². The van der Waals surface area contributed by atoms with Crippen molar-refractivity contribution in [1.29, 1.82) is 0 Å². The molecular formula is C13H18N2O2. The van der Waals surface area contributed by atoms with Crippen LogP contribution in [0.3, 0.4) is 0 Å². The van der Waals surface area contributed by atoms with E-state index in [1.807, 2.05) is 12.1 Å². The van der Waals surface area contributed by atoms with Gasteiger partial charge in [-0.1, -0.05) is 6.07 Å². The number of ketones is 1. The second kappa shape index (κ2) is 5.27. The van der Waals surface area contributed by atoms with Crippen LogP contribution in [0.25, 0.3) is 0 Å². The molecule has 1 aliphatic rings. The van der Waals surface area contributed by atoms with E-state index in [1.54, 1.807) is 13.1 Å². The van der Waals surface area contributed by atoms with Gasteiger partial charge in [0.25, 0.3) is 0 Å². The summed E-state index contributed by atoms with van der Waals surface area (Å²) in [7, 11) is 0. The first-order valence-corrected chi connectivity index (χ1v) is 6.00. The molecule has 1 heterocycles. The van der Waals surface area contributed by atoms with Gasteiger partial charge in [-0.3, -0.25) is 0 Å². The largest absolute Gasteiger partial charge is 0.474 e. The lowest BCUT2D eigenvalue weighted by atomic mass is 9.90. The molecule has 4 nitrogen and oxygen atoms in total. The highest BCUT2D eigenvalue weighted by Gasteiger charge is 2.27. The zero-order valence-electron chi connectivity index (χ0n) is 10.1. The highest BCUT2D eigenvalue weighted by Crippen LogP contribution is 2.23.